The van der Waals surface area contributed by atoms with Crippen molar-refractivity contribution >= 4 is 11.7 Å². The Bertz CT molecular complexity index is 670. The van der Waals surface area contributed by atoms with E-state index >= 15 is 0 Å². The summed E-state index contributed by atoms with van der Waals surface area (Å²) < 4.78 is 5.21. The van der Waals surface area contributed by atoms with E-state index in [1.165, 1.54) is 5.56 Å². The van der Waals surface area contributed by atoms with Gasteiger partial charge in [0.05, 0.1) is 18.7 Å². The standard InChI is InChI=1S/C17H19N3O2/c1-22-13-8-6-12(7-9-13)15-5-3-11-20(15)17-14(16(18)21)4-2-10-19-17/h2,4,6-10,15H,3,5,11H2,1H3,(H2,18,21)/t15-/m1/s1. The maximum atomic E-state index is 11.6. The second kappa shape index (κ2) is 6.05. The summed E-state index contributed by atoms with van der Waals surface area (Å²) in [5.74, 6) is 1.07. The normalized spacial score (nSPS) is 17.5. The zero-order chi connectivity index (χ0) is 15.5. The van der Waals surface area contributed by atoms with Gasteiger partial charge in [-0.3, -0.25) is 4.79 Å². The first-order valence-electron chi connectivity index (χ1n) is 7.36. The number of primary amides is 1. The molecular weight excluding hydrogens is 278 g/mol. The predicted molar refractivity (Wildman–Crippen MR) is 85.1 cm³/mol. The first kappa shape index (κ1) is 14.4. The van der Waals surface area contributed by atoms with Crippen LogP contribution in [-0.4, -0.2) is 24.5 Å². The van der Waals surface area contributed by atoms with E-state index in [1.807, 2.05) is 12.1 Å². The second-order valence-electron chi connectivity index (χ2n) is 5.36. The van der Waals surface area contributed by atoms with Crippen molar-refractivity contribution in [3.05, 3.63) is 53.7 Å². The van der Waals surface area contributed by atoms with Gasteiger partial charge in [0, 0.05) is 12.7 Å². The molecule has 0 unspecified atom stereocenters. The summed E-state index contributed by atoms with van der Waals surface area (Å²) in [6.45, 7) is 0.869. The van der Waals surface area contributed by atoms with Gasteiger partial charge in [-0.25, -0.2) is 4.98 Å². The summed E-state index contributed by atoms with van der Waals surface area (Å²) in [6.07, 6.45) is 3.79. The third-order valence-electron chi connectivity index (χ3n) is 4.08. The summed E-state index contributed by atoms with van der Waals surface area (Å²) in [4.78, 5) is 18.2. The van der Waals surface area contributed by atoms with Gasteiger partial charge in [-0.1, -0.05) is 12.1 Å². The number of rotatable bonds is 4. The lowest BCUT2D eigenvalue weighted by molar-refractivity contribution is 0.100. The molecule has 2 N–H and O–H groups in total. The van der Waals surface area contributed by atoms with Crippen LogP contribution in [0.2, 0.25) is 0 Å². The third-order valence-corrected chi connectivity index (χ3v) is 4.08. The highest BCUT2D eigenvalue weighted by Gasteiger charge is 2.29. The molecule has 5 heteroatoms. The van der Waals surface area contributed by atoms with E-state index in [-0.39, 0.29) is 6.04 Å². The topological polar surface area (TPSA) is 68.4 Å². The number of nitrogens with zero attached hydrogens (tertiary/aromatic N) is 2. The zero-order valence-corrected chi connectivity index (χ0v) is 12.5. The highest BCUT2D eigenvalue weighted by Crippen LogP contribution is 2.36. The van der Waals surface area contributed by atoms with Crippen molar-refractivity contribution in [3.8, 4) is 5.75 Å². The number of benzene rings is 1. The van der Waals surface area contributed by atoms with E-state index in [9.17, 15) is 4.79 Å². The summed E-state index contributed by atoms with van der Waals surface area (Å²) in [5.41, 5.74) is 7.15. The molecule has 22 heavy (non-hydrogen) atoms. The van der Waals surface area contributed by atoms with E-state index in [2.05, 4.69) is 22.0 Å². The summed E-state index contributed by atoms with van der Waals surface area (Å²) in [7, 11) is 1.66. The Hall–Kier alpha value is -2.56. The molecule has 2 aromatic rings. The van der Waals surface area contributed by atoms with Crippen LogP contribution in [0.3, 0.4) is 0 Å². The lowest BCUT2D eigenvalue weighted by atomic mass is 10.0. The Morgan fingerprint density at radius 3 is 2.77 bits per heavy atom. The van der Waals surface area contributed by atoms with E-state index in [1.54, 1.807) is 25.4 Å². The number of methoxy groups -OCH3 is 1. The molecule has 1 aliphatic heterocycles. The SMILES string of the molecule is COc1ccc([C@H]2CCCN2c2ncccc2C(N)=O)cc1. The number of carbonyl (C=O) groups excluding carboxylic acids is 1. The summed E-state index contributed by atoms with van der Waals surface area (Å²) in [5, 5.41) is 0. The number of anilines is 1. The maximum Gasteiger partial charge on any atom is 0.252 e. The number of carbonyl (C=O) groups is 1. The fourth-order valence-electron chi connectivity index (χ4n) is 3.01. The van der Waals surface area contributed by atoms with Crippen molar-refractivity contribution in [2.24, 2.45) is 5.73 Å². The molecule has 0 radical (unpaired) electrons. The van der Waals surface area contributed by atoms with Gasteiger partial charge in [-0.05, 0) is 42.7 Å². The van der Waals surface area contributed by atoms with Crippen molar-refractivity contribution in [3.63, 3.8) is 0 Å². The van der Waals surface area contributed by atoms with Crippen LogP contribution < -0.4 is 15.4 Å². The van der Waals surface area contributed by atoms with Crippen LogP contribution in [0.1, 0.15) is 34.8 Å². The van der Waals surface area contributed by atoms with Crippen LogP contribution in [0.5, 0.6) is 5.75 Å². The Labute approximate surface area is 129 Å². The van der Waals surface area contributed by atoms with Gasteiger partial charge < -0.3 is 15.4 Å². The Balaban J connectivity index is 1.94. The highest BCUT2D eigenvalue weighted by molar-refractivity contribution is 5.97. The fourth-order valence-corrected chi connectivity index (χ4v) is 3.01. The van der Waals surface area contributed by atoms with Crippen LogP contribution in [0.4, 0.5) is 5.82 Å². The lowest BCUT2D eigenvalue weighted by Crippen LogP contribution is -2.27. The molecule has 0 spiro atoms. The minimum Gasteiger partial charge on any atom is -0.497 e. The highest BCUT2D eigenvalue weighted by atomic mass is 16.5. The van der Waals surface area contributed by atoms with E-state index < -0.39 is 5.91 Å². The van der Waals surface area contributed by atoms with Crippen LogP contribution in [0.25, 0.3) is 0 Å². The van der Waals surface area contributed by atoms with Crippen LogP contribution in [0.15, 0.2) is 42.6 Å². The number of hydrogen-bond donors (Lipinski definition) is 1. The number of ether oxygens (including phenoxy) is 1. The van der Waals surface area contributed by atoms with E-state index in [4.69, 9.17) is 10.5 Å². The smallest absolute Gasteiger partial charge is 0.252 e. The molecule has 0 saturated carbocycles. The number of pyridine rings is 1. The van der Waals surface area contributed by atoms with Crippen LogP contribution in [-0.2, 0) is 0 Å². The van der Waals surface area contributed by atoms with Gasteiger partial charge in [0.1, 0.15) is 11.6 Å². The molecule has 0 bridgehead atoms. The number of amides is 1. The molecule has 114 valence electrons. The van der Waals surface area contributed by atoms with Crippen LogP contribution in [0, 0.1) is 0 Å². The molecule has 1 aliphatic rings. The number of nitrogens with two attached hydrogens (primary N) is 1. The molecule has 1 fully saturated rings. The number of aromatic nitrogens is 1. The average molecular weight is 297 g/mol. The third kappa shape index (κ3) is 2.62. The molecule has 2 heterocycles. The van der Waals surface area contributed by atoms with Gasteiger partial charge in [0.15, 0.2) is 0 Å². The maximum absolute atomic E-state index is 11.6. The quantitative estimate of drug-likeness (QED) is 0.941. The van der Waals surface area contributed by atoms with Crippen molar-refractivity contribution < 1.29 is 9.53 Å². The zero-order valence-electron chi connectivity index (χ0n) is 12.5. The molecule has 5 nitrogen and oxygen atoms in total. The van der Waals surface area contributed by atoms with Crippen molar-refractivity contribution in [1.29, 1.82) is 0 Å². The van der Waals surface area contributed by atoms with Crippen molar-refractivity contribution in [2.45, 2.75) is 18.9 Å². The molecule has 1 aromatic carbocycles. The first-order valence-corrected chi connectivity index (χ1v) is 7.36. The predicted octanol–water partition coefficient (Wildman–Crippen LogP) is 2.53. The van der Waals surface area contributed by atoms with E-state index in [0.717, 1.165) is 25.1 Å². The molecule has 0 aliphatic carbocycles. The van der Waals surface area contributed by atoms with Crippen molar-refractivity contribution in [2.75, 3.05) is 18.6 Å². The minimum atomic E-state index is -0.441. The largest absolute Gasteiger partial charge is 0.497 e. The number of hydrogen-bond acceptors (Lipinski definition) is 4. The average Bonchev–Trinajstić information content (AvgIpc) is 3.04. The van der Waals surface area contributed by atoms with E-state index in [0.29, 0.717) is 11.4 Å². The molecule has 1 amide bonds. The molecular formula is C17H19N3O2. The minimum absolute atomic E-state index is 0.207. The summed E-state index contributed by atoms with van der Waals surface area (Å²) >= 11 is 0. The Morgan fingerprint density at radius 1 is 1.32 bits per heavy atom. The molecule has 1 aromatic heterocycles. The van der Waals surface area contributed by atoms with Gasteiger partial charge in [0.2, 0.25) is 0 Å². The van der Waals surface area contributed by atoms with Crippen molar-refractivity contribution in [1.82, 2.24) is 4.98 Å². The van der Waals surface area contributed by atoms with Gasteiger partial charge in [-0.15, -0.1) is 0 Å². The van der Waals surface area contributed by atoms with Crippen LogP contribution >= 0.6 is 0 Å². The summed E-state index contributed by atoms with van der Waals surface area (Å²) in [6, 6.07) is 11.7. The Kier molecular flexibility index (Phi) is 3.96. The Morgan fingerprint density at radius 2 is 2.09 bits per heavy atom. The lowest BCUT2D eigenvalue weighted by Gasteiger charge is -2.27. The molecule has 3 rings (SSSR count). The molecule has 1 atom stereocenters. The monoisotopic (exact) mass is 297 g/mol. The molecule has 1 saturated heterocycles. The van der Waals surface area contributed by atoms with Gasteiger partial charge in [0.25, 0.3) is 5.91 Å². The fraction of sp³-hybridized carbons (Fsp3) is 0.294. The first-order chi connectivity index (χ1) is 10.7. The van der Waals surface area contributed by atoms with Gasteiger partial charge >= 0.3 is 0 Å². The van der Waals surface area contributed by atoms with Gasteiger partial charge in [-0.2, -0.15) is 0 Å². The second-order valence-corrected chi connectivity index (χ2v) is 5.36.